The number of aliphatic imine (C=N–C) groups is 1. The number of rotatable bonds is 30. The van der Waals surface area contributed by atoms with Gasteiger partial charge in [-0.05, 0) is 61.6 Å². The van der Waals surface area contributed by atoms with Gasteiger partial charge in [-0.1, -0.05) is 100 Å². The van der Waals surface area contributed by atoms with Gasteiger partial charge in [0.2, 0.25) is 53.2 Å². The lowest BCUT2D eigenvalue weighted by Gasteiger charge is -2.32. The van der Waals surface area contributed by atoms with Gasteiger partial charge < -0.3 is 70.0 Å². The molecule has 1 aromatic heterocycles. The predicted molar refractivity (Wildman–Crippen MR) is 307 cm³/mol. The molecule has 1 aliphatic heterocycles. The minimum Gasteiger partial charge on any atom is -0.370 e. The number of hydrogen-bond donors (Lipinski definition) is 13. The molecule has 0 unspecified atom stereocenters. The van der Waals surface area contributed by atoms with E-state index in [4.69, 9.17) is 47.8 Å². The van der Waals surface area contributed by atoms with Crippen molar-refractivity contribution in [1.82, 2.24) is 47.1 Å². The fraction of sp³-hybridized carbons (Fsp3) is 0.519. The lowest BCUT2D eigenvalue weighted by Crippen LogP contribution is -2.61. The van der Waals surface area contributed by atoms with Gasteiger partial charge >= 0.3 is 0 Å². The van der Waals surface area contributed by atoms with Crippen molar-refractivity contribution < 1.29 is 47.9 Å². The Bertz CT molecular complexity index is 2730. The first-order valence-electron chi connectivity index (χ1n) is 26.9. The molecule has 1 saturated carbocycles. The summed E-state index contributed by atoms with van der Waals surface area (Å²) in [6, 6.07) is 6.97. The van der Waals surface area contributed by atoms with Crippen molar-refractivity contribution in [2.45, 2.75) is 151 Å². The number of carbonyl (C=O) groups excluding carboxylic acids is 10. The fourth-order valence-corrected chi connectivity index (χ4v) is 10.5. The Morgan fingerprint density at radius 1 is 0.762 bits per heavy atom. The van der Waals surface area contributed by atoms with Crippen LogP contribution in [-0.2, 0) is 60.8 Å². The molecule has 80 heavy (non-hydrogen) atoms. The Balaban J connectivity index is 1.33. The lowest BCUT2D eigenvalue weighted by molar-refractivity contribution is -0.141. The highest BCUT2D eigenvalue weighted by molar-refractivity contribution is 7.81. The highest BCUT2D eigenvalue weighted by Crippen LogP contribution is 2.36. The van der Waals surface area contributed by atoms with Crippen LogP contribution in [-0.4, -0.2) is 147 Å². The molecule has 2 fully saturated rings. The zero-order chi connectivity index (χ0) is 58.5. The zero-order valence-electron chi connectivity index (χ0n) is 45.1. The summed E-state index contributed by atoms with van der Waals surface area (Å²) < 4.78 is -0.537. The second-order valence-electron chi connectivity index (χ2n) is 20.5. The number of para-hydroxylation sites is 1. The summed E-state index contributed by atoms with van der Waals surface area (Å²) in [5.41, 5.74) is 23.8. The molecular weight excluding hydrogens is 1070 g/mol. The zero-order valence-corrected chi connectivity index (χ0v) is 46.8. The van der Waals surface area contributed by atoms with Gasteiger partial charge in [-0.3, -0.25) is 52.9 Å². The van der Waals surface area contributed by atoms with Gasteiger partial charge in [0.1, 0.15) is 42.3 Å². The number of aromatic nitrogens is 1. The van der Waals surface area contributed by atoms with Gasteiger partial charge in [0.25, 0.3) is 5.91 Å². The van der Waals surface area contributed by atoms with Crippen LogP contribution in [0.4, 0.5) is 0 Å². The van der Waals surface area contributed by atoms with Crippen LogP contribution in [0.25, 0.3) is 10.9 Å². The molecule has 26 heteroatoms. The third-order valence-corrected chi connectivity index (χ3v) is 15.2. The molecule has 2 aromatic carbocycles. The summed E-state index contributed by atoms with van der Waals surface area (Å²) in [7, 11) is 0. The highest BCUT2D eigenvalue weighted by atomic mass is 32.1. The Hall–Kier alpha value is -7.61. The molecule has 10 amide bonds. The van der Waals surface area contributed by atoms with E-state index in [-0.39, 0.29) is 63.5 Å². The number of likely N-dealkylation sites (tertiary alicyclic amines) is 1. The third-order valence-electron chi connectivity index (χ3n) is 14.3. The van der Waals surface area contributed by atoms with Crippen molar-refractivity contribution in [1.29, 1.82) is 0 Å². The number of nitrogens with one attached hydrogen (secondary N) is 8. The van der Waals surface area contributed by atoms with Gasteiger partial charge in [-0.2, -0.15) is 12.6 Å². The summed E-state index contributed by atoms with van der Waals surface area (Å²) in [5, 5.41) is 20.3. The number of thiocarbonyl (C=S) groups is 1. The fourth-order valence-electron chi connectivity index (χ4n) is 9.85. The van der Waals surface area contributed by atoms with E-state index < -0.39 is 119 Å². The number of thiol groups is 1. The van der Waals surface area contributed by atoms with Crippen LogP contribution in [0, 0.1) is 5.92 Å². The van der Waals surface area contributed by atoms with Crippen LogP contribution in [0.1, 0.15) is 102 Å². The maximum absolute atomic E-state index is 14.6. The highest BCUT2D eigenvalue weighted by Gasteiger charge is 2.41. The minimum atomic E-state index is -1.70. The molecule has 434 valence electrons. The number of carbonyl (C=O) groups is 10. The second kappa shape index (κ2) is 30.7. The maximum Gasteiger partial charge on any atom is 0.250 e. The summed E-state index contributed by atoms with van der Waals surface area (Å²) in [4.78, 5) is 145. The van der Waals surface area contributed by atoms with Gasteiger partial charge in [0, 0.05) is 59.6 Å². The standard InChI is InChI=1S/C54H76N14O10S2/c1-3-31(2)45(51(77)65-39(26-42(55)69)48(74)66-40(30-79)52(78)68-23-13-19-41(68)50(76)63-36(18-12-22-59-53(57)58)46(72)61-29-43(56)70)67-49(75)37(24-32-14-6-4-7-15-32)64-47(73)38(25-33-28-60-35-17-9-8-16-34(33)35)62-44(71)27-54(80)20-10-5-11-21-54/h4,6-9,14-17,28,30-31,36-41,45,60,80H,3,5,10-13,18-27,29H2,1-2H3,(H2,55,69)(H2,56,70)(H,61,72)(H,62,71)(H,63,76)(H,64,73)(H,65,77)(H,66,74)(H,67,75)(H4,57,58,59)/t31-,36-,37-,38+,39-,40-,41-,45-/m0/s1. The van der Waals surface area contributed by atoms with E-state index in [0.29, 0.717) is 18.4 Å². The number of H-pyrrole nitrogens is 1. The smallest absolute Gasteiger partial charge is 0.250 e. The van der Waals surface area contributed by atoms with Crippen molar-refractivity contribution in [2.24, 2.45) is 33.8 Å². The van der Waals surface area contributed by atoms with Crippen LogP contribution in [0.2, 0.25) is 0 Å². The van der Waals surface area contributed by atoms with Crippen LogP contribution >= 0.6 is 24.8 Å². The van der Waals surface area contributed by atoms with Gasteiger partial charge in [0.05, 0.1) is 13.0 Å². The van der Waals surface area contributed by atoms with Gasteiger partial charge in [-0.15, -0.1) is 0 Å². The number of amides is 10. The normalized spacial score (nSPS) is 17.3. The molecular formula is C54H76N14O10S2. The summed E-state index contributed by atoms with van der Waals surface area (Å²) in [6.07, 6.45) is 6.66. The topological polar surface area (TPSA) is 390 Å². The number of primary amides is 2. The molecule has 1 aliphatic carbocycles. The predicted octanol–water partition coefficient (Wildman–Crippen LogP) is -0.548. The summed E-state index contributed by atoms with van der Waals surface area (Å²) in [5.74, 6) is -8.62. The van der Waals surface area contributed by atoms with Crippen LogP contribution in [0.15, 0.2) is 65.8 Å². The molecule has 0 radical (unpaired) electrons. The van der Waals surface area contributed by atoms with Crippen LogP contribution in [0.3, 0.4) is 0 Å². The molecule has 3 aromatic rings. The minimum absolute atomic E-state index is 0.0342. The van der Waals surface area contributed by atoms with E-state index in [0.717, 1.165) is 53.9 Å². The first-order chi connectivity index (χ1) is 38.1. The molecule has 1 saturated heterocycles. The molecule has 16 N–H and O–H groups in total. The average Bonchev–Trinajstić information content (AvgIpc) is 4.09. The number of guanidine groups is 1. The molecule has 8 atom stereocenters. The summed E-state index contributed by atoms with van der Waals surface area (Å²) >= 11 is 10.1. The molecule has 2 aliphatic rings. The monoisotopic (exact) mass is 1140 g/mol. The van der Waals surface area contributed by atoms with Crippen LogP contribution in [0.5, 0.6) is 0 Å². The molecule has 2 heterocycles. The van der Waals surface area contributed by atoms with E-state index in [1.807, 2.05) is 24.3 Å². The average molecular weight is 1150 g/mol. The summed E-state index contributed by atoms with van der Waals surface area (Å²) in [6.45, 7) is 3.12. The Morgan fingerprint density at radius 2 is 1.41 bits per heavy atom. The maximum atomic E-state index is 14.6. The van der Waals surface area contributed by atoms with E-state index in [1.165, 1.54) is 4.90 Å². The van der Waals surface area contributed by atoms with Crippen molar-refractivity contribution in [3.8, 4) is 0 Å². The number of aromatic amines is 1. The second-order valence-corrected chi connectivity index (χ2v) is 21.7. The first kappa shape index (κ1) is 63.2. The number of fused-ring (bicyclic) bond motifs is 1. The number of benzene rings is 2. The van der Waals surface area contributed by atoms with Gasteiger partial charge in [-0.25, -0.2) is 0 Å². The van der Waals surface area contributed by atoms with Crippen molar-refractivity contribution in [3.63, 3.8) is 0 Å². The van der Waals surface area contributed by atoms with Crippen molar-refractivity contribution in [3.05, 3.63) is 71.9 Å². The lowest BCUT2D eigenvalue weighted by atomic mass is 9.85. The number of nitrogens with zero attached hydrogens (tertiary/aromatic N) is 2. The van der Waals surface area contributed by atoms with E-state index in [1.54, 1.807) is 50.4 Å². The van der Waals surface area contributed by atoms with E-state index in [2.05, 4.69) is 47.2 Å². The molecule has 5 rings (SSSR count). The molecule has 0 bridgehead atoms. The SMILES string of the molecule is CC[C@H](C)[C@H](NC(=O)[C@H](Cc1ccccc1)NC(=O)[C@@H](Cc1c[nH]c2ccccc12)NC(=O)CC1(S)CCCCC1)C(=O)N[C@@H](CC(N)=O)C(=O)N[C@@H](C=S)C(=O)N1CCC[C@H]1C(=O)N[C@@H](CCCN=C(N)N)C(=O)NCC(N)=O. The van der Waals surface area contributed by atoms with Gasteiger partial charge in [0.15, 0.2) is 5.96 Å². The first-order valence-corrected chi connectivity index (χ1v) is 27.8. The number of nitrogens with two attached hydrogens (primary N) is 4. The quantitative estimate of drug-likeness (QED) is 0.0131. The third kappa shape index (κ3) is 19.0. The largest absolute Gasteiger partial charge is 0.370 e. The Morgan fingerprint density at radius 3 is 2.08 bits per heavy atom. The molecule has 0 spiro atoms. The van der Waals surface area contributed by atoms with E-state index >= 15 is 0 Å². The Labute approximate surface area is 475 Å². The number of hydrogen-bond acceptors (Lipinski definition) is 13. The molecule has 24 nitrogen and oxygen atoms in total. The Kier molecular flexibility index (Phi) is 24.2. The van der Waals surface area contributed by atoms with E-state index in [9.17, 15) is 47.9 Å². The van der Waals surface area contributed by atoms with Crippen molar-refractivity contribution >= 4 is 106 Å². The van der Waals surface area contributed by atoms with Crippen molar-refractivity contribution in [2.75, 3.05) is 19.6 Å². The van der Waals surface area contributed by atoms with Crippen LogP contribution < -0.4 is 60.2 Å².